The van der Waals surface area contributed by atoms with Crippen LogP contribution in [-0.4, -0.2) is 5.78 Å². The van der Waals surface area contributed by atoms with E-state index in [1.54, 1.807) is 0 Å². The molecule has 0 aliphatic carbocycles. The highest BCUT2D eigenvalue weighted by molar-refractivity contribution is 5.83. The fraction of sp³-hybridized carbons (Fsp3) is 0.933. The summed E-state index contributed by atoms with van der Waals surface area (Å²) in [7, 11) is 0. The Labute approximate surface area is 102 Å². The number of Topliss-reactive ketones (excluding diaryl/α,β-unsaturated/α-hetero) is 1. The summed E-state index contributed by atoms with van der Waals surface area (Å²) < 4.78 is 0. The van der Waals surface area contributed by atoms with Crippen LogP contribution in [0.4, 0.5) is 0 Å². The average Bonchev–Trinajstić information content (AvgIpc) is 1.92. The third-order valence-electron chi connectivity index (χ3n) is 3.32. The Balaban J connectivity index is 4.93. The van der Waals surface area contributed by atoms with E-state index in [1.165, 1.54) is 0 Å². The van der Waals surface area contributed by atoms with Gasteiger partial charge in [-0.05, 0) is 16.7 Å². The van der Waals surface area contributed by atoms with Crippen LogP contribution in [0.25, 0.3) is 0 Å². The lowest BCUT2D eigenvalue weighted by Gasteiger charge is -2.41. The normalized spacial score (nSPS) is 14.4. The first kappa shape index (κ1) is 15.7. The molecule has 0 aliphatic heterocycles. The predicted octanol–water partition coefficient (Wildman–Crippen LogP) is 4.70. The van der Waals surface area contributed by atoms with Crippen LogP contribution in [-0.2, 0) is 4.79 Å². The molecular formula is C15H30O. The molecule has 16 heavy (non-hydrogen) atoms. The van der Waals surface area contributed by atoms with E-state index in [2.05, 4.69) is 41.5 Å². The number of rotatable bonds is 2. The second-order valence-electron chi connectivity index (χ2n) is 8.16. The summed E-state index contributed by atoms with van der Waals surface area (Å²) in [6, 6.07) is 0. The lowest BCUT2D eigenvalue weighted by Crippen LogP contribution is -2.36. The van der Waals surface area contributed by atoms with Crippen LogP contribution < -0.4 is 0 Å². The zero-order valence-electron chi connectivity index (χ0n) is 12.7. The van der Waals surface area contributed by atoms with Crippen molar-refractivity contribution in [2.45, 2.75) is 68.7 Å². The van der Waals surface area contributed by atoms with Gasteiger partial charge in [-0.25, -0.2) is 0 Å². The molecule has 0 fully saturated rings. The summed E-state index contributed by atoms with van der Waals surface area (Å²) in [5.41, 5.74) is 0.146. The van der Waals surface area contributed by atoms with Crippen molar-refractivity contribution in [3.63, 3.8) is 0 Å². The van der Waals surface area contributed by atoms with Crippen LogP contribution in [0.3, 0.4) is 0 Å². The van der Waals surface area contributed by atoms with Crippen molar-refractivity contribution in [3.8, 4) is 0 Å². The summed E-state index contributed by atoms with van der Waals surface area (Å²) in [5, 5.41) is 0. The molecular weight excluding hydrogens is 196 g/mol. The van der Waals surface area contributed by atoms with E-state index >= 15 is 0 Å². The molecule has 0 heterocycles. The molecule has 1 nitrogen and oxygen atoms in total. The minimum Gasteiger partial charge on any atom is -0.299 e. The molecule has 0 aromatic heterocycles. The van der Waals surface area contributed by atoms with Gasteiger partial charge in [-0.1, -0.05) is 62.3 Å². The van der Waals surface area contributed by atoms with Gasteiger partial charge in [0.25, 0.3) is 0 Å². The van der Waals surface area contributed by atoms with Crippen molar-refractivity contribution in [1.29, 1.82) is 0 Å². The minimum atomic E-state index is -0.214. The Morgan fingerprint density at radius 1 is 0.812 bits per heavy atom. The molecule has 1 heteroatoms. The Morgan fingerprint density at radius 3 is 1.31 bits per heavy atom. The smallest absolute Gasteiger partial charge is 0.138 e. The van der Waals surface area contributed by atoms with Gasteiger partial charge in [0.1, 0.15) is 5.78 Å². The quantitative estimate of drug-likeness (QED) is 0.667. The molecule has 0 atom stereocenters. The maximum absolute atomic E-state index is 12.2. The van der Waals surface area contributed by atoms with Gasteiger partial charge < -0.3 is 0 Å². The number of hydrogen-bond donors (Lipinski definition) is 0. The largest absolute Gasteiger partial charge is 0.299 e. The van der Waals surface area contributed by atoms with Crippen LogP contribution in [0, 0.1) is 22.2 Å². The van der Waals surface area contributed by atoms with Crippen molar-refractivity contribution in [1.82, 2.24) is 0 Å². The Kier molecular flexibility index (Phi) is 4.41. The van der Waals surface area contributed by atoms with Crippen molar-refractivity contribution in [3.05, 3.63) is 0 Å². The highest BCUT2D eigenvalue weighted by Gasteiger charge is 2.38. The molecule has 0 saturated carbocycles. The standard InChI is InChI=1S/C15H30O/c1-13(2,3)11(14(4,5)6)10-12(16)15(7,8)9/h11H,10H2,1-9H3. The number of carbonyl (C=O) groups excluding carboxylic acids is 1. The summed E-state index contributed by atoms with van der Waals surface area (Å²) in [6.45, 7) is 19.4. The summed E-state index contributed by atoms with van der Waals surface area (Å²) in [4.78, 5) is 12.2. The number of carbonyl (C=O) groups is 1. The minimum absolute atomic E-state index is 0.180. The summed E-state index contributed by atoms with van der Waals surface area (Å²) >= 11 is 0. The number of hydrogen-bond acceptors (Lipinski definition) is 1. The van der Waals surface area contributed by atoms with E-state index in [1.807, 2.05) is 20.8 Å². The van der Waals surface area contributed by atoms with Gasteiger partial charge >= 0.3 is 0 Å². The van der Waals surface area contributed by atoms with Crippen LogP contribution in [0.5, 0.6) is 0 Å². The van der Waals surface area contributed by atoms with Crippen molar-refractivity contribution < 1.29 is 4.79 Å². The summed E-state index contributed by atoms with van der Waals surface area (Å²) in [5.74, 6) is 0.800. The van der Waals surface area contributed by atoms with Gasteiger partial charge in [-0.2, -0.15) is 0 Å². The maximum Gasteiger partial charge on any atom is 0.138 e. The highest BCUT2D eigenvalue weighted by atomic mass is 16.1. The molecule has 0 spiro atoms. The van der Waals surface area contributed by atoms with E-state index in [0.717, 1.165) is 0 Å². The zero-order valence-corrected chi connectivity index (χ0v) is 12.7. The van der Waals surface area contributed by atoms with Gasteiger partial charge in [0, 0.05) is 11.8 Å². The van der Waals surface area contributed by atoms with Crippen LogP contribution in [0.15, 0.2) is 0 Å². The average molecular weight is 226 g/mol. The molecule has 0 aromatic rings. The first-order chi connectivity index (χ1) is 6.76. The zero-order chi connectivity index (χ0) is 13.4. The monoisotopic (exact) mass is 226 g/mol. The molecule has 0 rings (SSSR count). The van der Waals surface area contributed by atoms with E-state index < -0.39 is 0 Å². The Bertz CT molecular complexity index is 228. The van der Waals surface area contributed by atoms with Crippen LogP contribution in [0.2, 0.25) is 0 Å². The first-order valence-corrected chi connectivity index (χ1v) is 6.29. The number of ketones is 1. The van der Waals surface area contributed by atoms with Crippen LogP contribution in [0.1, 0.15) is 68.7 Å². The van der Waals surface area contributed by atoms with Gasteiger partial charge in [0.2, 0.25) is 0 Å². The SMILES string of the molecule is CC(C)(C)C(=O)CC(C(C)(C)C)C(C)(C)C. The fourth-order valence-electron chi connectivity index (χ4n) is 2.40. The van der Waals surface area contributed by atoms with E-state index in [-0.39, 0.29) is 16.2 Å². The van der Waals surface area contributed by atoms with Gasteiger partial charge in [0.05, 0.1) is 0 Å². The molecule has 0 amide bonds. The van der Waals surface area contributed by atoms with E-state index in [4.69, 9.17) is 0 Å². The summed E-state index contributed by atoms with van der Waals surface area (Å²) in [6.07, 6.45) is 0.691. The maximum atomic E-state index is 12.2. The molecule has 0 aromatic carbocycles. The molecule has 96 valence electrons. The Morgan fingerprint density at radius 2 is 1.12 bits per heavy atom. The lowest BCUT2D eigenvalue weighted by molar-refractivity contribution is -0.129. The lowest BCUT2D eigenvalue weighted by atomic mass is 9.63. The molecule has 0 radical (unpaired) electrons. The van der Waals surface area contributed by atoms with E-state index in [9.17, 15) is 4.79 Å². The third-order valence-corrected chi connectivity index (χ3v) is 3.32. The van der Waals surface area contributed by atoms with Crippen molar-refractivity contribution in [2.75, 3.05) is 0 Å². The Hall–Kier alpha value is -0.330. The topological polar surface area (TPSA) is 17.1 Å². The molecule has 0 saturated heterocycles. The molecule has 0 bridgehead atoms. The third kappa shape index (κ3) is 4.67. The van der Waals surface area contributed by atoms with Crippen molar-refractivity contribution in [2.24, 2.45) is 22.2 Å². The van der Waals surface area contributed by atoms with Gasteiger partial charge in [-0.3, -0.25) is 4.79 Å². The second-order valence-corrected chi connectivity index (χ2v) is 8.16. The highest BCUT2D eigenvalue weighted by Crippen LogP contribution is 2.43. The molecule has 0 aliphatic rings. The van der Waals surface area contributed by atoms with Crippen LogP contribution >= 0.6 is 0 Å². The first-order valence-electron chi connectivity index (χ1n) is 6.29. The predicted molar refractivity (Wildman–Crippen MR) is 71.5 cm³/mol. The van der Waals surface area contributed by atoms with Gasteiger partial charge in [-0.15, -0.1) is 0 Å². The molecule has 0 unspecified atom stereocenters. The fourth-order valence-corrected chi connectivity index (χ4v) is 2.40. The second kappa shape index (κ2) is 4.50. The van der Waals surface area contributed by atoms with Gasteiger partial charge in [0.15, 0.2) is 0 Å². The van der Waals surface area contributed by atoms with E-state index in [0.29, 0.717) is 18.1 Å². The molecule has 0 N–H and O–H groups in total. The van der Waals surface area contributed by atoms with Crippen molar-refractivity contribution >= 4 is 5.78 Å².